The van der Waals surface area contributed by atoms with E-state index in [9.17, 15) is 18.8 Å². The largest absolute Gasteiger partial charge is 0.338 e. The Labute approximate surface area is 176 Å². The first-order valence-electron chi connectivity index (χ1n) is 9.69. The van der Waals surface area contributed by atoms with Gasteiger partial charge < -0.3 is 15.5 Å². The molecule has 2 aliphatic heterocycles. The van der Waals surface area contributed by atoms with E-state index in [1.165, 1.54) is 6.07 Å². The third-order valence-electron chi connectivity index (χ3n) is 5.52. The molecule has 1 spiro atoms. The standard InChI is InChI=1S/C20H27FN4O3.ClH/c1-13(2)12-25-19(28)23-18(27)20(25)6-9-24(10-7-20)17(26)15-11-14(5-8-22)3-4-16(15)21;/h3-4,11,13H,5-10,12,22H2,1-2H3,(H,23,27,28);1H. The molecule has 2 aliphatic rings. The van der Waals surface area contributed by atoms with Gasteiger partial charge in [0.2, 0.25) is 0 Å². The molecule has 1 aromatic carbocycles. The highest BCUT2D eigenvalue weighted by Crippen LogP contribution is 2.34. The number of carbonyl (C=O) groups excluding carboxylic acids is 3. The summed E-state index contributed by atoms with van der Waals surface area (Å²) in [6, 6.07) is 4.09. The van der Waals surface area contributed by atoms with Crippen LogP contribution in [0.4, 0.5) is 9.18 Å². The molecule has 29 heavy (non-hydrogen) atoms. The molecule has 2 saturated heterocycles. The quantitative estimate of drug-likeness (QED) is 0.703. The Morgan fingerprint density at radius 3 is 2.52 bits per heavy atom. The van der Waals surface area contributed by atoms with Crippen molar-refractivity contribution in [1.82, 2.24) is 15.1 Å². The van der Waals surface area contributed by atoms with E-state index in [0.29, 0.717) is 32.4 Å². The topological polar surface area (TPSA) is 95.7 Å². The van der Waals surface area contributed by atoms with Crippen LogP contribution in [-0.4, -0.2) is 59.4 Å². The SMILES string of the molecule is CC(C)CN1C(=O)NC(=O)C12CCN(C(=O)c1cc(CCN)ccc1F)CC2.Cl. The highest BCUT2D eigenvalue weighted by Gasteiger charge is 2.54. The number of amides is 4. The van der Waals surface area contributed by atoms with E-state index in [2.05, 4.69) is 5.32 Å². The molecule has 0 unspecified atom stereocenters. The Morgan fingerprint density at radius 1 is 1.28 bits per heavy atom. The molecule has 2 heterocycles. The van der Waals surface area contributed by atoms with Crippen molar-refractivity contribution in [3.63, 3.8) is 0 Å². The van der Waals surface area contributed by atoms with Gasteiger partial charge in [0.1, 0.15) is 11.4 Å². The van der Waals surface area contributed by atoms with Crippen LogP contribution in [0.5, 0.6) is 0 Å². The van der Waals surface area contributed by atoms with Crippen LogP contribution in [0, 0.1) is 11.7 Å². The number of urea groups is 1. The fourth-order valence-electron chi connectivity index (χ4n) is 4.03. The summed E-state index contributed by atoms with van der Waals surface area (Å²) in [5.41, 5.74) is 5.46. The van der Waals surface area contributed by atoms with E-state index in [0.717, 1.165) is 5.56 Å². The van der Waals surface area contributed by atoms with Crippen molar-refractivity contribution < 1.29 is 18.8 Å². The van der Waals surface area contributed by atoms with Gasteiger partial charge in [0, 0.05) is 19.6 Å². The molecule has 0 atom stereocenters. The number of halogens is 2. The van der Waals surface area contributed by atoms with Gasteiger partial charge in [0.25, 0.3) is 11.8 Å². The highest BCUT2D eigenvalue weighted by molar-refractivity contribution is 6.07. The fourth-order valence-corrected chi connectivity index (χ4v) is 4.03. The summed E-state index contributed by atoms with van der Waals surface area (Å²) in [6.07, 6.45) is 1.25. The number of hydrogen-bond acceptors (Lipinski definition) is 4. The molecule has 0 aromatic heterocycles. The third-order valence-corrected chi connectivity index (χ3v) is 5.52. The van der Waals surface area contributed by atoms with Crippen LogP contribution in [0.3, 0.4) is 0 Å². The molecule has 2 fully saturated rings. The second-order valence-corrected chi connectivity index (χ2v) is 7.94. The van der Waals surface area contributed by atoms with Crippen molar-refractivity contribution in [2.75, 3.05) is 26.2 Å². The lowest BCUT2D eigenvalue weighted by molar-refractivity contribution is -0.129. The van der Waals surface area contributed by atoms with Gasteiger partial charge in [0.05, 0.1) is 5.56 Å². The number of likely N-dealkylation sites (tertiary alicyclic amines) is 1. The van der Waals surface area contributed by atoms with Crippen LogP contribution >= 0.6 is 12.4 Å². The minimum atomic E-state index is -0.919. The number of nitrogens with zero attached hydrogens (tertiary/aromatic N) is 2. The molecule has 160 valence electrons. The zero-order valence-corrected chi connectivity index (χ0v) is 17.6. The van der Waals surface area contributed by atoms with Crippen LogP contribution in [0.15, 0.2) is 18.2 Å². The number of rotatable bonds is 5. The first-order valence-corrected chi connectivity index (χ1v) is 9.69. The summed E-state index contributed by atoms with van der Waals surface area (Å²) in [5, 5.41) is 2.41. The zero-order chi connectivity index (χ0) is 20.5. The molecular weight excluding hydrogens is 399 g/mol. The third kappa shape index (κ3) is 4.38. The van der Waals surface area contributed by atoms with E-state index in [-0.39, 0.29) is 48.9 Å². The lowest BCUT2D eigenvalue weighted by atomic mass is 9.85. The lowest BCUT2D eigenvalue weighted by Gasteiger charge is -2.42. The molecule has 3 rings (SSSR count). The van der Waals surface area contributed by atoms with Gasteiger partial charge in [-0.05, 0) is 49.4 Å². The average Bonchev–Trinajstić information content (AvgIpc) is 2.87. The van der Waals surface area contributed by atoms with Crippen molar-refractivity contribution in [1.29, 1.82) is 0 Å². The van der Waals surface area contributed by atoms with Crippen molar-refractivity contribution >= 4 is 30.3 Å². The molecule has 7 nitrogen and oxygen atoms in total. The van der Waals surface area contributed by atoms with E-state index < -0.39 is 17.3 Å². The molecule has 0 saturated carbocycles. The van der Waals surface area contributed by atoms with E-state index in [1.807, 2.05) is 13.8 Å². The van der Waals surface area contributed by atoms with Crippen LogP contribution in [0.1, 0.15) is 42.6 Å². The van der Waals surface area contributed by atoms with Gasteiger partial charge in [-0.25, -0.2) is 9.18 Å². The number of hydrogen-bond donors (Lipinski definition) is 2. The number of carbonyl (C=O) groups is 3. The normalized spacial score (nSPS) is 18.2. The van der Waals surface area contributed by atoms with E-state index in [4.69, 9.17) is 5.73 Å². The first kappa shape index (κ1) is 23.1. The molecule has 3 N–H and O–H groups in total. The summed E-state index contributed by atoms with van der Waals surface area (Å²) in [5.74, 6) is -1.05. The molecular formula is C20H28ClFN4O3. The summed E-state index contributed by atoms with van der Waals surface area (Å²) < 4.78 is 14.2. The Morgan fingerprint density at radius 2 is 1.93 bits per heavy atom. The van der Waals surface area contributed by atoms with Gasteiger partial charge in [-0.2, -0.15) is 0 Å². The van der Waals surface area contributed by atoms with Crippen LogP contribution in [-0.2, 0) is 11.2 Å². The van der Waals surface area contributed by atoms with E-state index >= 15 is 0 Å². The lowest BCUT2D eigenvalue weighted by Crippen LogP contribution is -2.58. The van der Waals surface area contributed by atoms with Crippen molar-refractivity contribution in [3.05, 3.63) is 35.1 Å². The van der Waals surface area contributed by atoms with Crippen LogP contribution < -0.4 is 11.1 Å². The minimum absolute atomic E-state index is 0. The summed E-state index contributed by atoms with van der Waals surface area (Å²) >= 11 is 0. The molecule has 0 radical (unpaired) electrons. The highest BCUT2D eigenvalue weighted by atomic mass is 35.5. The van der Waals surface area contributed by atoms with Gasteiger partial charge in [0.15, 0.2) is 0 Å². The Balaban J connectivity index is 0.00000300. The smallest absolute Gasteiger partial charge is 0.325 e. The predicted molar refractivity (Wildman–Crippen MR) is 109 cm³/mol. The maximum atomic E-state index is 14.2. The van der Waals surface area contributed by atoms with Gasteiger partial charge in [-0.1, -0.05) is 19.9 Å². The molecule has 4 amide bonds. The fraction of sp³-hybridized carbons (Fsp3) is 0.550. The van der Waals surface area contributed by atoms with Crippen molar-refractivity contribution in [3.8, 4) is 0 Å². The predicted octanol–water partition coefficient (Wildman–Crippen LogP) is 1.93. The molecule has 0 bridgehead atoms. The molecule has 0 aliphatic carbocycles. The van der Waals surface area contributed by atoms with Crippen LogP contribution in [0.25, 0.3) is 0 Å². The monoisotopic (exact) mass is 426 g/mol. The van der Waals surface area contributed by atoms with Crippen molar-refractivity contribution in [2.45, 2.75) is 38.6 Å². The van der Waals surface area contributed by atoms with Gasteiger partial charge >= 0.3 is 6.03 Å². The van der Waals surface area contributed by atoms with Crippen LogP contribution in [0.2, 0.25) is 0 Å². The second kappa shape index (κ2) is 9.09. The summed E-state index contributed by atoms with van der Waals surface area (Å²) in [7, 11) is 0. The summed E-state index contributed by atoms with van der Waals surface area (Å²) in [6.45, 7) is 5.43. The second-order valence-electron chi connectivity index (χ2n) is 7.94. The number of piperidine rings is 1. The number of benzene rings is 1. The van der Waals surface area contributed by atoms with E-state index in [1.54, 1.807) is 21.9 Å². The van der Waals surface area contributed by atoms with Gasteiger partial charge in [-0.15, -0.1) is 12.4 Å². The Hall–Kier alpha value is -2.19. The maximum Gasteiger partial charge on any atom is 0.325 e. The minimum Gasteiger partial charge on any atom is -0.338 e. The first-order chi connectivity index (χ1) is 13.3. The number of nitrogens with one attached hydrogen (secondary N) is 1. The Bertz CT molecular complexity index is 794. The average molecular weight is 427 g/mol. The molecule has 1 aromatic rings. The Kier molecular flexibility index (Phi) is 7.24. The number of imide groups is 1. The molecule has 9 heteroatoms. The van der Waals surface area contributed by atoms with Gasteiger partial charge in [-0.3, -0.25) is 14.9 Å². The number of nitrogens with two attached hydrogens (primary N) is 1. The zero-order valence-electron chi connectivity index (χ0n) is 16.7. The summed E-state index contributed by atoms with van der Waals surface area (Å²) in [4.78, 5) is 40.8. The van der Waals surface area contributed by atoms with Crippen molar-refractivity contribution in [2.24, 2.45) is 11.7 Å². The maximum absolute atomic E-state index is 14.2.